The fraction of sp³-hybridized carbons (Fsp3) is 0.400. The first-order valence-electron chi connectivity index (χ1n) is 10.1. The second kappa shape index (κ2) is 20.2. The van der Waals surface area contributed by atoms with Gasteiger partial charge >= 0.3 is 0 Å². The van der Waals surface area contributed by atoms with Crippen molar-refractivity contribution in [1.29, 1.82) is 0 Å². The van der Waals surface area contributed by atoms with E-state index >= 15 is 0 Å². The molecule has 0 bridgehead atoms. The number of aliphatic hydroxyl groups excluding tert-OH is 1. The second-order valence-corrected chi connectivity index (χ2v) is 6.22. The van der Waals surface area contributed by atoms with Gasteiger partial charge in [0.25, 0.3) is 0 Å². The van der Waals surface area contributed by atoms with E-state index in [1.54, 1.807) is 0 Å². The maximum atomic E-state index is 8.30. The standard InChI is InChI=1S/C18H17O.C7H16O4.W/c1-3-13-19-18-11-9-17(10-12-18)14-16-7-5-15(4-2)6-8-16;1-2-9-5-6-11-7-10-4-3-8;/h2,5-12H,1,3,13-14H2;8H,2-7H2,1H3;/q-1;;. The molecule has 0 spiro atoms. The van der Waals surface area contributed by atoms with Crippen LogP contribution in [0.15, 0.2) is 48.5 Å². The van der Waals surface area contributed by atoms with E-state index in [0.29, 0.717) is 33.0 Å². The van der Waals surface area contributed by atoms with Crippen molar-refractivity contribution in [1.82, 2.24) is 0 Å². The molecule has 0 radical (unpaired) electrons. The first-order chi connectivity index (χ1) is 14.7. The first-order valence-corrected chi connectivity index (χ1v) is 10.1. The zero-order valence-corrected chi connectivity index (χ0v) is 21.2. The molecule has 170 valence electrons. The average Bonchev–Trinajstić information content (AvgIpc) is 2.79. The minimum atomic E-state index is 0. The van der Waals surface area contributed by atoms with E-state index in [9.17, 15) is 0 Å². The molecule has 1 N–H and O–H groups in total. The van der Waals surface area contributed by atoms with Crippen LogP contribution in [0.3, 0.4) is 0 Å². The molecular formula is C25H33O5W-. The zero-order chi connectivity index (χ0) is 21.9. The summed E-state index contributed by atoms with van der Waals surface area (Å²) in [4.78, 5) is 0. The maximum Gasteiger partial charge on any atom is 0.146 e. The van der Waals surface area contributed by atoms with Crippen molar-refractivity contribution >= 4 is 0 Å². The van der Waals surface area contributed by atoms with Gasteiger partial charge < -0.3 is 31.0 Å². The summed E-state index contributed by atoms with van der Waals surface area (Å²) >= 11 is 0. The third-order valence-electron chi connectivity index (χ3n) is 3.84. The Morgan fingerprint density at radius 2 is 1.45 bits per heavy atom. The summed E-state index contributed by atoms with van der Waals surface area (Å²) < 4.78 is 20.3. The minimum Gasteiger partial charge on any atom is -0.496 e. The molecule has 2 rings (SSSR count). The van der Waals surface area contributed by atoms with Crippen LogP contribution in [0.2, 0.25) is 0 Å². The molecule has 0 fully saturated rings. The molecule has 0 amide bonds. The predicted octanol–water partition coefficient (Wildman–Crippen LogP) is 3.87. The van der Waals surface area contributed by atoms with Gasteiger partial charge in [-0.05, 0) is 48.7 Å². The number of terminal acetylenes is 1. The van der Waals surface area contributed by atoms with E-state index in [0.717, 1.165) is 24.2 Å². The molecule has 6 heteroatoms. The molecule has 31 heavy (non-hydrogen) atoms. The summed E-state index contributed by atoms with van der Waals surface area (Å²) in [6.07, 6.45) is 7.02. The molecule has 0 aliphatic rings. The molecule has 0 aliphatic heterocycles. The van der Waals surface area contributed by atoms with Gasteiger partial charge in [0, 0.05) is 33.2 Å². The van der Waals surface area contributed by atoms with Crippen LogP contribution in [0.25, 0.3) is 0 Å². The second-order valence-electron chi connectivity index (χ2n) is 6.22. The Kier molecular flexibility index (Phi) is 19.2. The van der Waals surface area contributed by atoms with Gasteiger partial charge in [-0.25, -0.2) is 0 Å². The van der Waals surface area contributed by atoms with Crippen molar-refractivity contribution in [2.24, 2.45) is 0 Å². The van der Waals surface area contributed by atoms with E-state index < -0.39 is 0 Å². The molecule has 0 saturated carbocycles. The zero-order valence-electron chi connectivity index (χ0n) is 18.3. The molecule has 0 unspecified atom stereocenters. The van der Waals surface area contributed by atoms with E-state index in [1.807, 2.05) is 31.2 Å². The summed E-state index contributed by atoms with van der Waals surface area (Å²) in [7, 11) is 0. The molecule has 5 nitrogen and oxygen atoms in total. The van der Waals surface area contributed by atoms with E-state index in [4.69, 9.17) is 30.5 Å². The SMILES string of the molecule is C#Cc1ccc(Cc2ccc(OCC[CH2-])cc2)cc1.CCOCCOCOCCO.[W]. The monoisotopic (exact) mass is 597 g/mol. The molecule has 0 atom stereocenters. The van der Waals surface area contributed by atoms with Gasteiger partial charge in [-0.2, -0.15) is 0 Å². The van der Waals surface area contributed by atoms with Gasteiger partial charge in [0.2, 0.25) is 0 Å². The Hall–Kier alpha value is -1.67. The van der Waals surface area contributed by atoms with E-state index in [1.165, 1.54) is 11.1 Å². The molecule has 0 saturated heterocycles. The fourth-order valence-electron chi connectivity index (χ4n) is 2.35. The Labute approximate surface area is 201 Å². The fourth-order valence-corrected chi connectivity index (χ4v) is 2.35. The largest absolute Gasteiger partial charge is 0.496 e. The quantitative estimate of drug-likeness (QED) is 0.165. The minimum absolute atomic E-state index is 0. The van der Waals surface area contributed by atoms with Crippen molar-refractivity contribution in [2.75, 3.05) is 46.4 Å². The van der Waals surface area contributed by atoms with Crippen LogP contribution in [0.1, 0.15) is 30.0 Å². The Bertz CT molecular complexity index is 687. The number of hydrogen-bond acceptors (Lipinski definition) is 5. The number of aliphatic hydroxyl groups is 1. The maximum absolute atomic E-state index is 8.30. The number of rotatable bonds is 13. The van der Waals surface area contributed by atoms with Crippen LogP contribution < -0.4 is 4.74 Å². The van der Waals surface area contributed by atoms with Gasteiger partial charge in [-0.15, -0.1) is 12.8 Å². The van der Waals surface area contributed by atoms with E-state index in [-0.39, 0.29) is 34.5 Å². The molecule has 2 aromatic rings. The number of benzene rings is 2. The topological polar surface area (TPSA) is 57.2 Å². The van der Waals surface area contributed by atoms with Crippen LogP contribution in [0.5, 0.6) is 5.75 Å². The van der Waals surface area contributed by atoms with Crippen molar-refractivity contribution < 1.29 is 45.1 Å². The molecule has 2 aromatic carbocycles. The molecule has 0 heterocycles. The van der Waals surface area contributed by atoms with Crippen molar-refractivity contribution in [3.8, 4) is 18.1 Å². The smallest absolute Gasteiger partial charge is 0.146 e. The number of ether oxygens (including phenoxy) is 4. The van der Waals surface area contributed by atoms with Crippen LogP contribution in [0.4, 0.5) is 0 Å². The summed E-state index contributed by atoms with van der Waals surface area (Å²) in [5.74, 6) is 3.52. The molecule has 0 aliphatic carbocycles. The average molecular weight is 597 g/mol. The molecule has 0 aromatic heterocycles. The van der Waals surface area contributed by atoms with Gasteiger partial charge in [-0.3, -0.25) is 0 Å². The Morgan fingerprint density at radius 3 is 2.00 bits per heavy atom. The van der Waals surface area contributed by atoms with Crippen LogP contribution in [0, 0.1) is 19.3 Å². The van der Waals surface area contributed by atoms with Gasteiger partial charge in [0.05, 0.1) is 33.0 Å². The third kappa shape index (κ3) is 14.9. The van der Waals surface area contributed by atoms with Crippen molar-refractivity contribution in [3.05, 3.63) is 72.1 Å². The Balaban J connectivity index is 0.000000650. The number of hydrogen-bond donors (Lipinski definition) is 1. The summed E-state index contributed by atoms with van der Waals surface area (Å²) in [6.45, 7) is 8.78. The summed E-state index contributed by atoms with van der Waals surface area (Å²) in [6, 6.07) is 16.3. The normalized spacial score (nSPS) is 9.74. The van der Waals surface area contributed by atoms with Crippen molar-refractivity contribution in [3.63, 3.8) is 0 Å². The van der Waals surface area contributed by atoms with Gasteiger partial charge in [0.15, 0.2) is 0 Å². The van der Waals surface area contributed by atoms with Crippen molar-refractivity contribution in [2.45, 2.75) is 19.8 Å². The van der Waals surface area contributed by atoms with Crippen LogP contribution in [-0.2, 0) is 41.7 Å². The Morgan fingerprint density at radius 1 is 0.871 bits per heavy atom. The first kappa shape index (κ1) is 29.3. The predicted molar refractivity (Wildman–Crippen MR) is 119 cm³/mol. The van der Waals surface area contributed by atoms with E-state index in [2.05, 4.69) is 37.1 Å². The van der Waals surface area contributed by atoms with Gasteiger partial charge in [-0.1, -0.05) is 30.2 Å². The third-order valence-corrected chi connectivity index (χ3v) is 3.84. The molecular weight excluding hydrogens is 564 g/mol. The van der Waals surface area contributed by atoms with Crippen LogP contribution >= 0.6 is 0 Å². The summed E-state index contributed by atoms with van der Waals surface area (Å²) in [5, 5.41) is 8.30. The van der Waals surface area contributed by atoms with Gasteiger partial charge in [0.1, 0.15) is 12.5 Å². The summed E-state index contributed by atoms with van der Waals surface area (Å²) in [5.41, 5.74) is 3.43. The van der Waals surface area contributed by atoms with Crippen LogP contribution in [-0.4, -0.2) is 51.5 Å².